The first kappa shape index (κ1) is 16.7. The van der Waals surface area contributed by atoms with Gasteiger partial charge < -0.3 is 0 Å². The molecule has 0 aromatic rings. The third kappa shape index (κ3) is 6.29. The van der Waals surface area contributed by atoms with Gasteiger partial charge in [0.25, 0.3) is 0 Å². The van der Waals surface area contributed by atoms with Crippen molar-refractivity contribution in [2.75, 3.05) is 0 Å². The average molecular weight is 238 g/mol. The smallest absolute Gasteiger partial charge is 0.0183 e. The third-order valence-corrected chi connectivity index (χ3v) is 4.22. The molecular formula is C17H34. The first-order chi connectivity index (χ1) is 8.10. The van der Waals surface area contributed by atoms with Crippen molar-refractivity contribution in [1.29, 1.82) is 0 Å². The molecule has 0 aromatic heterocycles. The molecule has 0 heterocycles. The minimum Gasteiger partial charge on any atom is -0.0856 e. The highest BCUT2D eigenvalue weighted by Crippen LogP contribution is 2.31. The molecule has 3 atom stereocenters. The summed E-state index contributed by atoms with van der Waals surface area (Å²) in [5.74, 6) is 2.60. The molecule has 0 nitrogen and oxygen atoms in total. The van der Waals surface area contributed by atoms with Gasteiger partial charge in [-0.1, -0.05) is 65.5 Å². The number of hydrogen-bond donors (Lipinski definition) is 0. The Hall–Kier alpha value is -0.260. The molecule has 0 rings (SSSR count). The standard InChI is InChI=1S/C17H34/c1-7-11-14(5)17(10-4)15(6)13-16(9-3)12-8-2/h11,15-17H,7-10,12-13H2,1-6H3. The van der Waals surface area contributed by atoms with Gasteiger partial charge in [-0.2, -0.15) is 0 Å². The molecule has 0 N–H and O–H groups in total. The fraction of sp³-hybridized carbons (Fsp3) is 0.882. The fourth-order valence-corrected chi connectivity index (χ4v) is 3.23. The molecule has 0 bridgehead atoms. The van der Waals surface area contributed by atoms with E-state index in [0.717, 1.165) is 17.8 Å². The Bertz CT molecular complexity index is 202. The highest BCUT2D eigenvalue weighted by Gasteiger charge is 2.20. The molecule has 0 heteroatoms. The predicted octanol–water partition coefficient (Wildman–Crippen LogP) is 6.22. The Morgan fingerprint density at radius 1 is 1.06 bits per heavy atom. The van der Waals surface area contributed by atoms with E-state index in [-0.39, 0.29) is 0 Å². The Morgan fingerprint density at radius 2 is 1.71 bits per heavy atom. The van der Waals surface area contributed by atoms with Gasteiger partial charge in [0.15, 0.2) is 0 Å². The van der Waals surface area contributed by atoms with E-state index in [9.17, 15) is 0 Å². The maximum Gasteiger partial charge on any atom is -0.0183 e. The third-order valence-electron chi connectivity index (χ3n) is 4.22. The van der Waals surface area contributed by atoms with Crippen molar-refractivity contribution in [2.24, 2.45) is 17.8 Å². The van der Waals surface area contributed by atoms with Crippen LogP contribution in [0.5, 0.6) is 0 Å². The second-order valence-electron chi connectivity index (χ2n) is 5.65. The van der Waals surface area contributed by atoms with Crippen LogP contribution in [0.2, 0.25) is 0 Å². The summed E-state index contributed by atoms with van der Waals surface area (Å²) in [5.41, 5.74) is 1.62. The van der Waals surface area contributed by atoms with Crippen LogP contribution in [0, 0.1) is 17.8 Å². The maximum absolute atomic E-state index is 2.46. The summed E-state index contributed by atoms with van der Waals surface area (Å²) < 4.78 is 0. The zero-order chi connectivity index (χ0) is 13.3. The van der Waals surface area contributed by atoms with Gasteiger partial charge >= 0.3 is 0 Å². The fourth-order valence-electron chi connectivity index (χ4n) is 3.23. The van der Waals surface area contributed by atoms with Gasteiger partial charge in [0.2, 0.25) is 0 Å². The van der Waals surface area contributed by atoms with E-state index in [1.54, 1.807) is 5.57 Å². The molecule has 0 fully saturated rings. The topological polar surface area (TPSA) is 0 Å². The molecule has 0 aliphatic carbocycles. The second-order valence-corrected chi connectivity index (χ2v) is 5.65. The van der Waals surface area contributed by atoms with E-state index in [4.69, 9.17) is 0 Å². The van der Waals surface area contributed by atoms with E-state index in [0.29, 0.717) is 0 Å². The lowest BCUT2D eigenvalue weighted by atomic mass is 9.78. The summed E-state index contributed by atoms with van der Waals surface area (Å²) in [5, 5.41) is 0. The lowest BCUT2D eigenvalue weighted by Crippen LogP contribution is -2.16. The molecule has 0 aliphatic heterocycles. The van der Waals surface area contributed by atoms with Gasteiger partial charge in [0.05, 0.1) is 0 Å². The number of allylic oxidation sites excluding steroid dienone is 2. The van der Waals surface area contributed by atoms with Crippen LogP contribution in [-0.2, 0) is 0 Å². The highest BCUT2D eigenvalue weighted by molar-refractivity contribution is 5.04. The van der Waals surface area contributed by atoms with Crippen LogP contribution in [0.1, 0.15) is 80.1 Å². The largest absolute Gasteiger partial charge is 0.0856 e. The summed E-state index contributed by atoms with van der Waals surface area (Å²) in [6, 6.07) is 0. The van der Waals surface area contributed by atoms with Crippen LogP contribution in [-0.4, -0.2) is 0 Å². The van der Waals surface area contributed by atoms with Gasteiger partial charge in [0, 0.05) is 0 Å². The zero-order valence-electron chi connectivity index (χ0n) is 13.1. The molecule has 0 saturated heterocycles. The molecular weight excluding hydrogens is 204 g/mol. The Kier molecular flexibility index (Phi) is 9.59. The molecule has 0 radical (unpaired) electrons. The highest BCUT2D eigenvalue weighted by atomic mass is 14.2. The molecule has 0 spiro atoms. The van der Waals surface area contributed by atoms with Crippen molar-refractivity contribution in [3.8, 4) is 0 Å². The van der Waals surface area contributed by atoms with E-state index in [1.165, 1.54) is 38.5 Å². The van der Waals surface area contributed by atoms with Crippen LogP contribution in [0.3, 0.4) is 0 Å². The van der Waals surface area contributed by atoms with E-state index in [2.05, 4.69) is 47.6 Å². The predicted molar refractivity (Wildman–Crippen MR) is 80.3 cm³/mol. The van der Waals surface area contributed by atoms with Gasteiger partial charge in [-0.3, -0.25) is 0 Å². The summed E-state index contributed by atoms with van der Waals surface area (Å²) >= 11 is 0. The van der Waals surface area contributed by atoms with Gasteiger partial charge in [-0.05, 0) is 43.9 Å². The van der Waals surface area contributed by atoms with Crippen molar-refractivity contribution in [2.45, 2.75) is 80.1 Å². The molecule has 17 heavy (non-hydrogen) atoms. The molecule has 0 saturated carbocycles. The van der Waals surface area contributed by atoms with Crippen LogP contribution in [0.15, 0.2) is 11.6 Å². The van der Waals surface area contributed by atoms with Gasteiger partial charge in [0.1, 0.15) is 0 Å². The van der Waals surface area contributed by atoms with Crippen molar-refractivity contribution in [3.05, 3.63) is 11.6 Å². The average Bonchev–Trinajstić information content (AvgIpc) is 2.29. The minimum atomic E-state index is 0.806. The molecule has 0 amide bonds. The zero-order valence-corrected chi connectivity index (χ0v) is 13.1. The molecule has 102 valence electrons. The Balaban J connectivity index is 4.42. The first-order valence-corrected chi connectivity index (χ1v) is 7.77. The van der Waals surface area contributed by atoms with E-state index < -0.39 is 0 Å². The van der Waals surface area contributed by atoms with Crippen LogP contribution in [0.4, 0.5) is 0 Å². The monoisotopic (exact) mass is 238 g/mol. The summed E-state index contributed by atoms with van der Waals surface area (Å²) in [6.07, 6.45) is 10.4. The normalized spacial score (nSPS) is 17.9. The van der Waals surface area contributed by atoms with Crippen LogP contribution in [0.25, 0.3) is 0 Å². The van der Waals surface area contributed by atoms with Gasteiger partial charge in [-0.15, -0.1) is 0 Å². The first-order valence-electron chi connectivity index (χ1n) is 7.77. The van der Waals surface area contributed by atoms with Crippen LogP contribution < -0.4 is 0 Å². The van der Waals surface area contributed by atoms with Crippen molar-refractivity contribution in [3.63, 3.8) is 0 Å². The molecule has 3 unspecified atom stereocenters. The molecule has 0 aromatic carbocycles. The van der Waals surface area contributed by atoms with Crippen molar-refractivity contribution in [1.82, 2.24) is 0 Å². The van der Waals surface area contributed by atoms with Crippen molar-refractivity contribution < 1.29 is 0 Å². The minimum absolute atomic E-state index is 0.806. The molecule has 0 aliphatic rings. The number of hydrogen-bond acceptors (Lipinski definition) is 0. The van der Waals surface area contributed by atoms with Crippen molar-refractivity contribution >= 4 is 0 Å². The summed E-state index contributed by atoms with van der Waals surface area (Å²) in [4.78, 5) is 0. The van der Waals surface area contributed by atoms with E-state index >= 15 is 0 Å². The van der Waals surface area contributed by atoms with Crippen LogP contribution >= 0.6 is 0 Å². The Morgan fingerprint density at radius 3 is 2.12 bits per heavy atom. The number of rotatable bonds is 9. The lowest BCUT2D eigenvalue weighted by Gasteiger charge is -2.27. The second kappa shape index (κ2) is 9.74. The SMILES string of the molecule is CCC=C(C)C(CC)C(C)CC(CC)CCC. The van der Waals surface area contributed by atoms with E-state index in [1.807, 2.05) is 0 Å². The Labute approximate surface area is 110 Å². The van der Waals surface area contributed by atoms with Gasteiger partial charge in [-0.25, -0.2) is 0 Å². The lowest BCUT2D eigenvalue weighted by molar-refractivity contribution is 0.292. The summed E-state index contributed by atoms with van der Waals surface area (Å²) in [6.45, 7) is 14.0. The summed E-state index contributed by atoms with van der Waals surface area (Å²) in [7, 11) is 0. The maximum atomic E-state index is 2.46. The quantitative estimate of drug-likeness (QED) is 0.418.